The Morgan fingerprint density at radius 2 is 1.72 bits per heavy atom. The van der Waals surface area contributed by atoms with E-state index < -0.39 is 57.5 Å². The van der Waals surface area contributed by atoms with E-state index >= 15 is 4.79 Å². The molecule has 1 spiro atoms. The van der Waals surface area contributed by atoms with Crippen molar-refractivity contribution in [2.24, 2.45) is 11.3 Å². The third-order valence-corrected chi connectivity index (χ3v) is 15.8. The summed E-state index contributed by atoms with van der Waals surface area (Å²) in [5, 5.41) is 26.4. The van der Waals surface area contributed by atoms with Gasteiger partial charge in [0, 0.05) is 84.4 Å². The Hall–Kier alpha value is -4.43. The molecule has 2 bridgehead atoms. The summed E-state index contributed by atoms with van der Waals surface area (Å²) in [6.45, 7) is 8.77. The number of hydrogen-bond acceptors (Lipinski definition) is 12. The van der Waals surface area contributed by atoms with Gasteiger partial charge in [0.15, 0.2) is 6.10 Å². The van der Waals surface area contributed by atoms with Gasteiger partial charge in [0.2, 0.25) is 5.60 Å². The molecule has 6 heterocycles. The van der Waals surface area contributed by atoms with Crippen LogP contribution in [0.15, 0.2) is 48.6 Å². The van der Waals surface area contributed by atoms with Crippen LogP contribution in [0.4, 0.5) is 5.69 Å². The summed E-state index contributed by atoms with van der Waals surface area (Å²) in [7, 11) is 6.17. The lowest BCUT2D eigenvalue weighted by atomic mass is 9.47. The summed E-state index contributed by atoms with van der Waals surface area (Å²) in [6.07, 6.45) is 6.84. The zero-order valence-electron chi connectivity index (χ0n) is 36.0. The average molecular weight is 825 g/mol. The van der Waals surface area contributed by atoms with Gasteiger partial charge in [0.05, 0.1) is 33.0 Å². The number of aromatic amines is 1. The first-order chi connectivity index (χ1) is 28.7. The maximum absolute atomic E-state index is 15.4. The van der Waals surface area contributed by atoms with Crippen LogP contribution < -0.4 is 9.64 Å². The van der Waals surface area contributed by atoms with E-state index in [-0.39, 0.29) is 12.0 Å². The van der Waals surface area contributed by atoms with Gasteiger partial charge in [-0.05, 0) is 87.2 Å². The van der Waals surface area contributed by atoms with Gasteiger partial charge in [0.25, 0.3) is 0 Å². The quantitative estimate of drug-likeness (QED) is 0.176. The number of fused-ring (bicyclic) bond motifs is 6. The minimum absolute atomic E-state index is 0.103. The molecule has 60 heavy (non-hydrogen) atoms. The molecule has 2 aromatic carbocycles. The van der Waals surface area contributed by atoms with E-state index in [4.69, 9.17) is 18.9 Å². The maximum atomic E-state index is 15.4. The van der Waals surface area contributed by atoms with Crippen LogP contribution in [0.3, 0.4) is 0 Å². The number of aliphatic hydroxyl groups is 2. The molecular weight excluding hydrogens is 765 g/mol. The number of benzene rings is 2. The number of esters is 3. The predicted octanol–water partition coefficient (Wildman–Crippen LogP) is 4.38. The van der Waals surface area contributed by atoms with Crippen LogP contribution in [-0.2, 0) is 45.8 Å². The van der Waals surface area contributed by atoms with E-state index in [1.807, 2.05) is 50.1 Å². The third kappa shape index (κ3) is 5.34. The van der Waals surface area contributed by atoms with Crippen molar-refractivity contribution in [1.29, 1.82) is 0 Å². The normalized spacial score (nSPS) is 36.8. The number of rotatable bonds is 7. The zero-order chi connectivity index (χ0) is 42.6. The monoisotopic (exact) mass is 824 g/mol. The summed E-state index contributed by atoms with van der Waals surface area (Å²) in [5.41, 5.74) is -1.58. The van der Waals surface area contributed by atoms with E-state index in [9.17, 15) is 19.8 Å². The number of para-hydroxylation sites is 1. The summed E-state index contributed by atoms with van der Waals surface area (Å²) in [4.78, 5) is 53.3. The number of nitrogens with one attached hydrogen (secondary N) is 1. The molecule has 9 rings (SSSR count). The molecule has 3 aromatic rings. The van der Waals surface area contributed by atoms with Gasteiger partial charge >= 0.3 is 17.9 Å². The highest BCUT2D eigenvalue weighted by atomic mass is 16.6. The number of carbonyl (C=O) groups is 3. The zero-order valence-corrected chi connectivity index (χ0v) is 36.0. The van der Waals surface area contributed by atoms with Gasteiger partial charge in [-0.3, -0.25) is 14.5 Å². The molecule has 3 N–H and O–H groups in total. The molecule has 2 saturated heterocycles. The number of anilines is 1. The highest BCUT2D eigenvalue weighted by Gasteiger charge is 2.80. The molecule has 1 saturated carbocycles. The minimum atomic E-state index is -2.30. The van der Waals surface area contributed by atoms with Crippen LogP contribution in [0.1, 0.15) is 81.7 Å². The second-order valence-corrected chi connectivity index (χ2v) is 18.6. The molecule has 13 heteroatoms. The first-order valence-electron chi connectivity index (χ1n) is 21.7. The van der Waals surface area contributed by atoms with Crippen molar-refractivity contribution in [3.8, 4) is 5.75 Å². The molecular formula is C47H60N4O9. The third-order valence-electron chi connectivity index (χ3n) is 15.8. The maximum Gasteiger partial charge on any atom is 0.344 e. The fraction of sp³-hybridized carbons (Fsp3) is 0.596. The number of ether oxygens (including phenoxy) is 4. The van der Waals surface area contributed by atoms with E-state index in [1.54, 1.807) is 7.11 Å². The van der Waals surface area contributed by atoms with E-state index in [0.29, 0.717) is 76.0 Å². The fourth-order valence-electron chi connectivity index (χ4n) is 13.7. The molecule has 6 aliphatic rings. The standard InChI is InChI=1S/C47H60N4O9/c1-8-43(55)24-29-25-46(41(53)58-6,37-31(15-12-19-50(26-29)27-43)30-14-10-11-16-34(30)48-37)33-22-32-35(23-36(33)57-5)49(4)39-45(32)18-21-51-20-13-17-44(9-2,38(45)51)40(60-28(3)52)47(39,56)42(54)59-7/h10-11,13-14,16-17,22-23,29,38-40,48,55-56H,8-9,12,15,18-21,24-27H2,1-7H3/t29?,38?,39?,40?,43-,44+,45?,46-,47+/m0/s1. The van der Waals surface area contributed by atoms with Crippen LogP contribution in [-0.4, -0.2) is 133 Å². The van der Waals surface area contributed by atoms with Crippen molar-refractivity contribution in [2.75, 3.05) is 66.0 Å². The number of piperidine rings is 1. The van der Waals surface area contributed by atoms with Crippen molar-refractivity contribution < 1.29 is 43.5 Å². The van der Waals surface area contributed by atoms with Crippen molar-refractivity contribution in [2.45, 2.75) is 106 Å². The highest BCUT2D eigenvalue weighted by molar-refractivity contribution is 5.95. The summed E-state index contributed by atoms with van der Waals surface area (Å²) >= 11 is 0. The predicted molar refractivity (Wildman–Crippen MR) is 225 cm³/mol. The van der Waals surface area contributed by atoms with Crippen molar-refractivity contribution >= 4 is 34.5 Å². The van der Waals surface area contributed by atoms with E-state index in [0.717, 1.165) is 46.4 Å². The second-order valence-electron chi connectivity index (χ2n) is 18.6. The molecule has 322 valence electrons. The van der Waals surface area contributed by atoms with Gasteiger partial charge in [-0.15, -0.1) is 0 Å². The molecule has 1 aromatic heterocycles. The Balaban J connectivity index is 1.37. The number of aryl methyl sites for hydroxylation is 1. The molecule has 10 atom stereocenters. The van der Waals surface area contributed by atoms with Gasteiger partial charge < -0.3 is 43.9 Å². The van der Waals surface area contributed by atoms with E-state index in [1.165, 1.54) is 21.1 Å². The van der Waals surface area contributed by atoms with Crippen LogP contribution >= 0.6 is 0 Å². The number of H-pyrrole nitrogens is 1. The fourth-order valence-corrected chi connectivity index (χ4v) is 13.7. The number of hydrogen-bond donors (Lipinski definition) is 3. The summed E-state index contributed by atoms with van der Waals surface area (Å²) in [6, 6.07) is 11.0. The number of nitrogens with zero attached hydrogens (tertiary/aromatic N) is 3. The van der Waals surface area contributed by atoms with Crippen molar-refractivity contribution in [1.82, 2.24) is 14.8 Å². The highest BCUT2D eigenvalue weighted by Crippen LogP contribution is 2.68. The Labute approximate surface area is 352 Å². The van der Waals surface area contributed by atoms with E-state index in [2.05, 4.69) is 39.1 Å². The molecule has 0 amide bonds. The smallest absolute Gasteiger partial charge is 0.344 e. The van der Waals surface area contributed by atoms with Crippen LogP contribution in [0, 0.1) is 11.3 Å². The van der Waals surface area contributed by atoms with Gasteiger partial charge in [0.1, 0.15) is 11.2 Å². The first-order valence-corrected chi connectivity index (χ1v) is 21.7. The van der Waals surface area contributed by atoms with Gasteiger partial charge in [-0.2, -0.15) is 0 Å². The molecule has 0 radical (unpaired) electrons. The average Bonchev–Trinajstić information content (AvgIpc) is 3.90. The molecule has 5 aliphatic heterocycles. The minimum Gasteiger partial charge on any atom is -0.496 e. The van der Waals surface area contributed by atoms with Crippen molar-refractivity contribution in [3.63, 3.8) is 0 Å². The lowest BCUT2D eigenvalue weighted by molar-refractivity contribution is -0.228. The van der Waals surface area contributed by atoms with Crippen molar-refractivity contribution in [3.05, 3.63) is 70.9 Å². The number of carbonyl (C=O) groups excluding carboxylic acids is 3. The Bertz CT molecular complexity index is 2270. The van der Waals surface area contributed by atoms with Crippen LogP contribution in [0.5, 0.6) is 5.75 Å². The summed E-state index contributed by atoms with van der Waals surface area (Å²) in [5.74, 6) is -1.56. The number of aromatic nitrogens is 1. The Kier molecular flexibility index (Phi) is 9.77. The van der Waals surface area contributed by atoms with Gasteiger partial charge in [-0.1, -0.05) is 44.2 Å². The summed E-state index contributed by atoms with van der Waals surface area (Å²) < 4.78 is 24.0. The Morgan fingerprint density at radius 3 is 2.42 bits per heavy atom. The van der Waals surface area contributed by atoms with Gasteiger partial charge in [-0.25, -0.2) is 4.79 Å². The second kappa shape index (κ2) is 14.3. The Morgan fingerprint density at radius 1 is 0.950 bits per heavy atom. The SMILES string of the molecule is CC[C@]1(O)CC2CN(CCCc3c([nH]c4ccccc34)[C@@](C(=O)OC)(c3cc4c(cc3OC)N(C)C3C45CCN4CC=C[C@](CC)(C45)C(OC(C)=O)[C@@]3(O)C(=O)OC)C2)C1. The molecule has 13 nitrogen and oxygen atoms in total. The topological polar surface area (TPSA) is 154 Å². The van der Waals surface area contributed by atoms with Crippen LogP contribution in [0.2, 0.25) is 0 Å². The number of methoxy groups -OCH3 is 3. The molecule has 6 unspecified atom stereocenters. The molecule has 1 aliphatic carbocycles. The molecule has 3 fully saturated rings. The van der Waals surface area contributed by atoms with Crippen LogP contribution in [0.25, 0.3) is 10.9 Å². The largest absolute Gasteiger partial charge is 0.496 e. The first kappa shape index (κ1) is 40.9. The lowest BCUT2D eigenvalue weighted by Gasteiger charge is -2.63. The number of likely N-dealkylation sites (N-methyl/N-ethyl adjacent to an activating group) is 1. The lowest BCUT2D eigenvalue weighted by Crippen LogP contribution is -2.81.